The molecule has 1 atom stereocenters. The maximum Gasteiger partial charge on any atom is 0.407 e. The summed E-state index contributed by atoms with van der Waals surface area (Å²) in [5.41, 5.74) is 6.17. The molecule has 1 aromatic carbocycles. The summed E-state index contributed by atoms with van der Waals surface area (Å²) in [4.78, 5) is 24.0. The first-order valence-electron chi connectivity index (χ1n) is 8.77. The molecule has 0 radical (unpaired) electrons. The molecule has 0 fully saturated rings. The number of unbranched alkanes of at least 4 members (excludes halogenated alkanes) is 1. The molecule has 0 aromatic heterocycles. The number of ether oxygens (including phenoxy) is 1. The Balaban J connectivity index is 2.29. The van der Waals surface area contributed by atoms with Gasteiger partial charge in [0.1, 0.15) is 5.60 Å². The highest BCUT2D eigenvalue weighted by molar-refractivity contribution is 7.80. The zero-order chi connectivity index (χ0) is 19.6. The molecule has 144 valence electrons. The van der Waals surface area contributed by atoms with Gasteiger partial charge in [0.2, 0.25) is 5.91 Å². The lowest BCUT2D eigenvalue weighted by atomic mass is 10.1. The molecule has 0 heterocycles. The lowest BCUT2D eigenvalue weighted by molar-refractivity contribution is -0.120. The quantitative estimate of drug-likeness (QED) is 0.453. The summed E-state index contributed by atoms with van der Waals surface area (Å²) in [5, 5.41) is 5.58. The predicted molar refractivity (Wildman–Crippen MR) is 107 cm³/mol. The topological polar surface area (TPSA) is 93.5 Å². The second-order valence-electron chi connectivity index (χ2n) is 7.11. The minimum absolute atomic E-state index is 0.110. The summed E-state index contributed by atoms with van der Waals surface area (Å²) in [6.07, 6.45) is 2.00. The Bertz CT molecular complexity index is 600. The van der Waals surface area contributed by atoms with Crippen molar-refractivity contribution in [1.82, 2.24) is 10.6 Å². The molecule has 1 rings (SSSR count). The van der Waals surface area contributed by atoms with Crippen molar-refractivity contribution in [2.75, 3.05) is 6.54 Å². The lowest BCUT2D eigenvalue weighted by Gasteiger charge is -2.20. The first-order chi connectivity index (χ1) is 12.2. The Hall–Kier alpha value is -2.15. The van der Waals surface area contributed by atoms with E-state index in [1.807, 2.05) is 51.1 Å². The van der Waals surface area contributed by atoms with Gasteiger partial charge in [-0.25, -0.2) is 4.79 Å². The van der Waals surface area contributed by atoms with Gasteiger partial charge in [0.25, 0.3) is 0 Å². The van der Waals surface area contributed by atoms with Gasteiger partial charge >= 0.3 is 6.09 Å². The van der Waals surface area contributed by atoms with Gasteiger partial charge in [-0.1, -0.05) is 42.5 Å². The van der Waals surface area contributed by atoms with Crippen molar-refractivity contribution < 1.29 is 14.3 Å². The van der Waals surface area contributed by atoms with E-state index in [-0.39, 0.29) is 16.9 Å². The van der Waals surface area contributed by atoms with Gasteiger partial charge in [-0.15, -0.1) is 0 Å². The Morgan fingerprint density at radius 3 is 2.42 bits per heavy atom. The molecule has 0 bridgehead atoms. The van der Waals surface area contributed by atoms with Crippen LogP contribution in [0.2, 0.25) is 0 Å². The van der Waals surface area contributed by atoms with E-state index in [4.69, 9.17) is 22.7 Å². The summed E-state index contributed by atoms with van der Waals surface area (Å²) in [6, 6.07) is 9.15. The Labute approximate surface area is 160 Å². The van der Waals surface area contributed by atoms with Gasteiger partial charge in [0, 0.05) is 6.54 Å². The maximum absolute atomic E-state index is 12.1. The second kappa shape index (κ2) is 10.8. The molecule has 6 nitrogen and oxygen atoms in total. The van der Waals surface area contributed by atoms with E-state index in [0.717, 1.165) is 18.4 Å². The number of carbonyl (C=O) groups is 2. The maximum atomic E-state index is 12.1. The summed E-state index contributed by atoms with van der Waals surface area (Å²) >= 11 is 5.05. The van der Waals surface area contributed by atoms with E-state index in [0.29, 0.717) is 19.4 Å². The second-order valence-corrected chi connectivity index (χ2v) is 7.58. The molecule has 7 heteroatoms. The Kier molecular flexibility index (Phi) is 9.05. The fourth-order valence-corrected chi connectivity index (χ4v) is 2.47. The third-order valence-electron chi connectivity index (χ3n) is 3.47. The molecule has 4 N–H and O–H groups in total. The van der Waals surface area contributed by atoms with Crippen LogP contribution in [0.1, 0.15) is 45.6 Å². The fourth-order valence-electron chi connectivity index (χ4n) is 2.29. The van der Waals surface area contributed by atoms with Gasteiger partial charge in [-0.05, 0) is 45.6 Å². The van der Waals surface area contributed by atoms with Crippen molar-refractivity contribution in [2.45, 2.75) is 58.1 Å². The molecule has 0 aliphatic heterocycles. The van der Waals surface area contributed by atoms with Crippen LogP contribution in [0.5, 0.6) is 0 Å². The molecule has 1 unspecified atom stereocenters. The van der Waals surface area contributed by atoms with Gasteiger partial charge in [-0.2, -0.15) is 0 Å². The van der Waals surface area contributed by atoms with Crippen LogP contribution in [-0.4, -0.2) is 35.2 Å². The standard InChI is InChI=1S/C19H29N3O3S/c1-19(2,3)25-18(24)21-12-8-7-11-15(17(20)26)22-16(23)13-14-9-5-4-6-10-14/h4-6,9-10,15H,7-8,11-13H2,1-3H3,(H2,20,26)(H,21,24)(H,22,23). The van der Waals surface area contributed by atoms with Crippen molar-refractivity contribution in [1.29, 1.82) is 0 Å². The van der Waals surface area contributed by atoms with Gasteiger partial charge in [-0.3, -0.25) is 4.79 Å². The van der Waals surface area contributed by atoms with E-state index < -0.39 is 11.7 Å². The predicted octanol–water partition coefficient (Wildman–Crippen LogP) is 2.70. The van der Waals surface area contributed by atoms with Crippen LogP contribution in [0.3, 0.4) is 0 Å². The van der Waals surface area contributed by atoms with Crippen molar-refractivity contribution in [2.24, 2.45) is 5.73 Å². The number of hydrogen-bond acceptors (Lipinski definition) is 4. The SMILES string of the molecule is CC(C)(C)OC(=O)NCCCCC(NC(=O)Cc1ccccc1)C(N)=S. The summed E-state index contributed by atoms with van der Waals surface area (Å²) in [6.45, 7) is 5.95. The largest absolute Gasteiger partial charge is 0.444 e. The smallest absolute Gasteiger partial charge is 0.407 e. The first-order valence-corrected chi connectivity index (χ1v) is 9.17. The van der Waals surface area contributed by atoms with Crippen LogP contribution in [-0.2, 0) is 16.0 Å². The molecule has 2 amide bonds. The van der Waals surface area contributed by atoms with Crippen LogP contribution >= 0.6 is 12.2 Å². The van der Waals surface area contributed by atoms with Crippen molar-refractivity contribution in [3.63, 3.8) is 0 Å². The fraction of sp³-hybridized carbons (Fsp3) is 0.526. The molecule has 1 aromatic rings. The minimum atomic E-state index is -0.510. The molecule has 0 aliphatic rings. The van der Waals surface area contributed by atoms with Gasteiger partial charge in [0.05, 0.1) is 17.5 Å². The highest BCUT2D eigenvalue weighted by Crippen LogP contribution is 2.07. The molecular weight excluding hydrogens is 350 g/mol. The third kappa shape index (κ3) is 9.98. The van der Waals surface area contributed by atoms with Crippen LogP contribution < -0.4 is 16.4 Å². The average Bonchev–Trinajstić information content (AvgIpc) is 2.52. The Morgan fingerprint density at radius 2 is 1.85 bits per heavy atom. The molecule has 0 saturated heterocycles. The van der Waals surface area contributed by atoms with Crippen molar-refractivity contribution in [3.8, 4) is 0 Å². The molecular formula is C19H29N3O3S. The first kappa shape index (κ1) is 21.9. The van der Waals surface area contributed by atoms with Gasteiger partial charge in [0.15, 0.2) is 0 Å². The van der Waals surface area contributed by atoms with Crippen LogP contribution in [0, 0.1) is 0 Å². The normalized spacial score (nSPS) is 12.1. The molecule has 0 spiro atoms. The highest BCUT2D eigenvalue weighted by Gasteiger charge is 2.17. The van der Waals surface area contributed by atoms with E-state index in [1.54, 1.807) is 0 Å². The van der Waals surface area contributed by atoms with E-state index in [2.05, 4.69) is 10.6 Å². The van der Waals surface area contributed by atoms with E-state index in [1.165, 1.54) is 0 Å². The molecule has 0 saturated carbocycles. The number of alkyl carbamates (subject to hydrolysis) is 1. The minimum Gasteiger partial charge on any atom is -0.444 e. The zero-order valence-corrected chi connectivity index (χ0v) is 16.5. The van der Waals surface area contributed by atoms with Gasteiger partial charge < -0.3 is 21.1 Å². The number of thiocarbonyl (C=S) groups is 1. The highest BCUT2D eigenvalue weighted by atomic mass is 32.1. The van der Waals surface area contributed by atoms with Crippen LogP contribution in [0.4, 0.5) is 4.79 Å². The number of nitrogens with two attached hydrogens (primary N) is 1. The van der Waals surface area contributed by atoms with E-state index in [9.17, 15) is 9.59 Å². The van der Waals surface area contributed by atoms with Crippen molar-refractivity contribution in [3.05, 3.63) is 35.9 Å². The van der Waals surface area contributed by atoms with Crippen molar-refractivity contribution >= 4 is 29.2 Å². The number of benzene rings is 1. The number of carbonyl (C=O) groups excluding carboxylic acids is 2. The number of hydrogen-bond donors (Lipinski definition) is 3. The summed E-state index contributed by atoms with van der Waals surface area (Å²) < 4.78 is 5.16. The monoisotopic (exact) mass is 379 g/mol. The average molecular weight is 380 g/mol. The lowest BCUT2D eigenvalue weighted by Crippen LogP contribution is -2.44. The molecule has 0 aliphatic carbocycles. The summed E-state index contributed by atoms with van der Waals surface area (Å²) in [5.74, 6) is -0.110. The van der Waals surface area contributed by atoms with Crippen LogP contribution in [0.25, 0.3) is 0 Å². The number of nitrogens with one attached hydrogen (secondary N) is 2. The summed E-state index contributed by atoms with van der Waals surface area (Å²) in [7, 11) is 0. The van der Waals surface area contributed by atoms with E-state index >= 15 is 0 Å². The number of rotatable bonds is 9. The number of amides is 2. The Morgan fingerprint density at radius 1 is 1.19 bits per heavy atom. The zero-order valence-electron chi connectivity index (χ0n) is 15.7. The van der Waals surface area contributed by atoms with Crippen LogP contribution in [0.15, 0.2) is 30.3 Å². The third-order valence-corrected chi connectivity index (χ3v) is 3.76. The molecule has 26 heavy (non-hydrogen) atoms.